The monoisotopic (exact) mass is 202 g/mol. The van der Waals surface area contributed by atoms with Gasteiger partial charge in [-0.15, -0.1) is 24.8 Å². The van der Waals surface area contributed by atoms with Crippen molar-refractivity contribution in [2.24, 2.45) is 0 Å². The number of hydrogen-bond donors (Lipinski definition) is 2. The van der Waals surface area contributed by atoms with Gasteiger partial charge in [0.25, 0.3) is 0 Å². The van der Waals surface area contributed by atoms with Crippen molar-refractivity contribution in [3.8, 4) is 0 Å². The molecule has 3 nitrogen and oxygen atoms in total. The fraction of sp³-hybridized carbons (Fsp3) is 1.00. The fourth-order valence-electron chi connectivity index (χ4n) is 1.18. The molecule has 0 aromatic carbocycles. The van der Waals surface area contributed by atoms with Crippen molar-refractivity contribution in [1.82, 2.24) is 10.2 Å². The Bertz CT molecular complexity index is 103. The largest absolute Gasteiger partial charge is 0.390 e. The highest BCUT2D eigenvalue weighted by Crippen LogP contribution is 2.03. The van der Waals surface area contributed by atoms with Gasteiger partial charge in [-0.2, -0.15) is 0 Å². The molecule has 11 heavy (non-hydrogen) atoms. The predicted octanol–water partition coefficient (Wildman–Crippen LogP) is -0.276. The Morgan fingerprint density at radius 3 is 2.00 bits per heavy atom. The first-order chi connectivity index (χ1) is 4.22. The quantitative estimate of drug-likeness (QED) is 0.615. The van der Waals surface area contributed by atoms with Gasteiger partial charge in [0.15, 0.2) is 0 Å². The minimum absolute atomic E-state index is 0. The van der Waals surface area contributed by atoms with Crippen molar-refractivity contribution in [2.45, 2.75) is 12.1 Å². The van der Waals surface area contributed by atoms with Crippen molar-refractivity contribution >= 4 is 24.8 Å². The van der Waals surface area contributed by atoms with Crippen LogP contribution in [-0.2, 0) is 0 Å². The molecule has 0 aromatic heterocycles. The number of nitrogens with zero attached hydrogens (tertiary/aromatic N) is 1. The zero-order valence-electron chi connectivity index (χ0n) is 6.78. The van der Waals surface area contributed by atoms with Crippen molar-refractivity contribution in [2.75, 3.05) is 27.2 Å². The third-order valence-electron chi connectivity index (χ3n) is 1.81. The molecule has 1 aliphatic heterocycles. The third-order valence-corrected chi connectivity index (χ3v) is 1.81. The second-order valence-electron chi connectivity index (χ2n) is 2.76. The van der Waals surface area contributed by atoms with E-state index in [2.05, 4.69) is 5.32 Å². The van der Waals surface area contributed by atoms with Gasteiger partial charge in [0, 0.05) is 19.1 Å². The van der Waals surface area contributed by atoms with E-state index in [9.17, 15) is 5.11 Å². The lowest BCUT2D eigenvalue weighted by atomic mass is 10.2. The number of aliphatic hydroxyl groups is 1. The number of nitrogens with one attached hydrogen (secondary N) is 1. The van der Waals surface area contributed by atoms with E-state index in [1.807, 2.05) is 19.0 Å². The Labute approximate surface area is 80.0 Å². The highest BCUT2D eigenvalue weighted by Gasteiger charge is 2.25. The minimum Gasteiger partial charge on any atom is -0.390 e. The van der Waals surface area contributed by atoms with E-state index in [0.717, 1.165) is 13.1 Å². The standard InChI is InChI=1S/C6H14N2O.2ClH/c1-8(2)5-3-7-4-6(5)9;;/h5-7,9H,3-4H2,1-2H3;2*1H/t5-,6+;;/m0../s1. The van der Waals surface area contributed by atoms with Gasteiger partial charge < -0.3 is 15.3 Å². The maximum Gasteiger partial charge on any atom is 0.0831 e. The smallest absolute Gasteiger partial charge is 0.0831 e. The van der Waals surface area contributed by atoms with Gasteiger partial charge in [-0.25, -0.2) is 0 Å². The van der Waals surface area contributed by atoms with Crippen LogP contribution in [0.4, 0.5) is 0 Å². The molecule has 0 spiro atoms. The summed E-state index contributed by atoms with van der Waals surface area (Å²) in [6.07, 6.45) is -0.181. The van der Waals surface area contributed by atoms with Crippen molar-refractivity contribution < 1.29 is 5.11 Å². The highest BCUT2D eigenvalue weighted by atomic mass is 35.5. The van der Waals surface area contributed by atoms with E-state index < -0.39 is 0 Å². The molecule has 0 aliphatic carbocycles. The van der Waals surface area contributed by atoms with Gasteiger partial charge >= 0.3 is 0 Å². The van der Waals surface area contributed by atoms with Gasteiger partial charge in [0.2, 0.25) is 0 Å². The van der Waals surface area contributed by atoms with Crippen LogP contribution in [0.1, 0.15) is 0 Å². The first-order valence-corrected chi connectivity index (χ1v) is 3.27. The molecule has 2 atom stereocenters. The van der Waals surface area contributed by atoms with E-state index in [-0.39, 0.29) is 30.9 Å². The molecule has 0 amide bonds. The molecule has 1 heterocycles. The summed E-state index contributed by atoms with van der Waals surface area (Å²) in [5.41, 5.74) is 0. The maximum atomic E-state index is 9.26. The molecule has 2 N–H and O–H groups in total. The second-order valence-corrected chi connectivity index (χ2v) is 2.76. The summed E-state index contributed by atoms with van der Waals surface area (Å²) in [5.74, 6) is 0. The van der Waals surface area contributed by atoms with Crippen LogP contribution in [0.15, 0.2) is 0 Å². The van der Waals surface area contributed by atoms with E-state index in [0.29, 0.717) is 6.04 Å². The normalized spacial score (nSPS) is 29.5. The molecule has 5 heteroatoms. The van der Waals surface area contributed by atoms with Crippen LogP contribution in [0.3, 0.4) is 0 Å². The van der Waals surface area contributed by atoms with Gasteiger partial charge in [-0.1, -0.05) is 0 Å². The topological polar surface area (TPSA) is 35.5 Å². The molecule has 70 valence electrons. The summed E-state index contributed by atoms with van der Waals surface area (Å²) >= 11 is 0. The molecule has 0 aromatic rings. The third kappa shape index (κ3) is 3.58. The van der Waals surface area contributed by atoms with Gasteiger partial charge in [-0.05, 0) is 14.1 Å². The van der Waals surface area contributed by atoms with E-state index >= 15 is 0 Å². The number of hydrogen-bond acceptors (Lipinski definition) is 3. The molecule has 0 unspecified atom stereocenters. The minimum atomic E-state index is -0.181. The van der Waals surface area contributed by atoms with Crippen molar-refractivity contribution in [3.63, 3.8) is 0 Å². The lowest BCUT2D eigenvalue weighted by Crippen LogP contribution is -2.37. The Balaban J connectivity index is 0. The SMILES string of the molecule is CN(C)[C@H]1CNC[C@H]1O.Cl.Cl. The summed E-state index contributed by atoms with van der Waals surface area (Å²) in [6.45, 7) is 1.65. The number of halogens is 2. The molecule has 0 radical (unpaired) electrons. The van der Waals surface area contributed by atoms with E-state index in [1.54, 1.807) is 0 Å². The molecule has 0 saturated carbocycles. The summed E-state index contributed by atoms with van der Waals surface area (Å²) < 4.78 is 0. The van der Waals surface area contributed by atoms with Crippen LogP contribution < -0.4 is 5.32 Å². The van der Waals surface area contributed by atoms with Crippen LogP contribution in [0.25, 0.3) is 0 Å². The van der Waals surface area contributed by atoms with Gasteiger partial charge in [-0.3, -0.25) is 0 Å². The Hall–Kier alpha value is 0.460. The predicted molar refractivity (Wildman–Crippen MR) is 50.8 cm³/mol. The average Bonchev–Trinajstić information content (AvgIpc) is 2.13. The molecule has 1 aliphatic rings. The van der Waals surface area contributed by atoms with Gasteiger partial charge in [0.1, 0.15) is 0 Å². The Morgan fingerprint density at radius 1 is 1.27 bits per heavy atom. The molecular weight excluding hydrogens is 187 g/mol. The number of β-amino-alcohol motifs (C(OH)–C–C–N with tert-alkyl or cyclic N) is 1. The Kier molecular flexibility index (Phi) is 7.68. The van der Waals surface area contributed by atoms with Crippen LogP contribution in [-0.4, -0.2) is 49.3 Å². The van der Waals surface area contributed by atoms with Crippen LogP contribution >= 0.6 is 24.8 Å². The fourth-order valence-corrected chi connectivity index (χ4v) is 1.18. The Morgan fingerprint density at radius 2 is 1.82 bits per heavy atom. The van der Waals surface area contributed by atoms with Crippen molar-refractivity contribution in [3.05, 3.63) is 0 Å². The molecule has 1 fully saturated rings. The van der Waals surface area contributed by atoms with Crippen LogP contribution in [0.2, 0.25) is 0 Å². The highest BCUT2D eigenvalue weighted by molar-refractivity contribution is 5.85. The zero-order chi connectivity index (χ0) is 6.85. The number of rotatable bonds is 1. The zero-order valence-corrected chi connectivity index (χ0v) is 8.41. The number of aliphatic hydroxyl groups excluding tert-OH is 1. The molecular formula is C6H16Cl2N2O. The second kappa shape index (κ2) is 6.03. The lowest BCUT2D eigenvalue weighted by Gasteiger charge is -2.20. The maximum absolute atomic E-state index is 9.26. The molecule has 0 bridgehead atoms. The first kappa shape index (κ1) is 14.0. The summed E-state index contributed by atoms with van der Waals surface area (Å²) in [5, 5.41) is 12.4. The number of likely N-dealkylation sites (N-methyl/N-ethyl adjacent to an activating group) is 1. The summed E-state index contributed by atoms with van der Waals surface area (Å²) in [6, 6.07) is 0.310. The lowest BCUT2D eigenvalue weighted by molar-refractivity contribution is 0.114. The van der Waals surface area contributed by atoms with Crippen LogP contribution in [0, 0.1) is 0 Å². The molecule has 1 saturated heterocycles. The van der Waals surface area contributed by atoms with Gasteiger partial charge in [0.05, 0.1) is 6.10 Å². The average molecular weight is 203 g/mol. The van der Waals surface area contributed by atoms with E-state index in [1.165, 1.54) is 0 Å². The van der Waals surface area contributed by atoms with Crippen molar-refractivity contribution in [1.29, 1.82) is 0 Å². The first-order valence-electron chi connectivity index (χ1n) is 3.27. The summed E-state index contributed by atoms with van der Waals surface area (Å²) in [4.78, 5) is 2.05. The van der Waals surface area contributed by atoms with Crippen LogP contribution in [0.5, 0.6) is 0 Å². The van der Waals surface area contributed by atoms with E-state index in [4.69, 9.17) is 0 Å². The summed E-state index contributed by atoms with van der Waals surface area (Å²) in [7, 11) is 3.97. The molecule has 1 rings (SSSR count).